The third-order valence-electron chi connectivity index (χ3n) is 5.60. The van der Waals surface area contributed by atoms with Crippen LogP contribution in [0.3, 0.4) is 0 Å². The second-order valence-corrected chi connectivity index (χ2v) is 8.60. The molecular weight excluding hydrogens is 418 g/mol. The van der Waals surface area contributed by atoms with Gasteiger partial charge in [0.05, 0.1) is 11.7 Å². The molecule has 1 aromatic heterocycles. The molecule has 2 heterocycles. The Morgan fingerprint density at radius 3 is 2.27 bits per heavy atom. The first kappa shape index (κ1) is 22.4. The number of ether oxygens (including phenoxy) is 1. The number of benzene rings is 2. The summed E-state index contributed by atoms with van der Waals surface area (Å²) >= 11 is 0. The zero-order valence-electron chi connectivity index (χ0n) is 19.4. The monoisotopic (exact) mass is 445 g/mol. The van der Waals surface area contributed by atoms with Crippen molar-refractivity contribution in [1.82, 2.24) is 0 Å². The number of aliphatic hydroxyl groups excluding tert-OH is 1. The van der Waals surface area contributed by atoms with Crippen LogP contribution < -0.4 is 9.64 Å². The first-order valence-corrected chi connectivity index (χ1v) is 10.9. The average Bonchev–Trinajstić information content (AvgIpc) is 3.30. The van der Waals surface area contributed by atoms with Crippen molar-refractivity contribution < 1.29 is 23.8 Å². The Morgan fingerprint density at radius 2 is 1.70 bits per heavy atom. The van der Waals surface area contributed by atoms with Crippen molar-refractivity contribution in [2.75, 3.05) is 4.90 Å². The highest BCUT2D eigenvalue weighted by Gasteiger charge is 2.48. The first-order valence-electron chi connectivity index (χ1n) is 10.9. The van der Waals surface area contributed by atoms with Gasteiger partial charge in [0.15, 0.2) is 0 Å². The lowest BCUT2D eigenvalue weighted by atomic mass is 9.98. The van der Waals surface area contributed by atoms with Gasteiger partial charge in [0.25, 0.3) is 11.7 Å². The van der Waals surface area contributed by atoms with E-state index in [4.69, 9.17) is 9.15 Å². The molecule has 3 aromatic rings. The highest BCUT2D eigenvalue weighted by atomic mass is 16.5. The molecular formula is C27H27NO5. The molecule has 33 heavy (non-hydrogen) atoms. The van der Waals surface area contributed by atoms with Gasteiger partial charge in [-0.3, -0.25) is 14.5 Å². The fourth-order valence-corrected chi connectivity index (χ4v) is 4.01. The van der Waals surface area contributed by atoms with Crippen molar-refractivity contribution in [3.8, 4) is 5.75 Å². The van der Waals surface area contributed by atoms with Crippen LogP contribution in [-0.4, -0.2) is 22.9 Å². The SMILES string of the molecule is Cc1ccc(N2C(=O)C(=O)/C(=C(\O)c3ccc(OC(C)C)c(C)c3)C2c2ccc(C)o2)cc1. The number of aliphatic hydroxyl groups is 1. The molecule has 1 aliphatic heterocycles. The second kappa shape index (κ2) is 8.62. The first-order chi connectivity index (χ1) is 15.7. The fraction of sp³-hybridized carbons (Fsp3) is 0.259. The molecule has 0 bridgehead atoms. The maximum Gasteiger partial charge on any atom is 0.300 e. The summed E-state index contributed by atoms with van der Waals surface area (Å²) in [5, 5.41) is 11.3. The second-order valence-electron chi connectivity index (χ2n) is 8.60. The molecule has 0 saturated carbocycles. The molecule has 6 heteroatoms. The van der Waals surface area contributed by atoms with Gasteiger partial charge >= 0.3 is 0 Å². The van der Waals surface area contributed by atoms with Crippen LogP contribution in [0, 0.1) is 20.8 Å². The van der Waals surface area contributed by atoms with E-state index in [-0.39, 0.29) is 17.4 Å². The highest BCUT2D eigenvalue weighted by molar-refractivity contribution is 6.51. The van der Waals surface area contributed by atoms with E-state index >= 15 is 0 Å². The number of carbonyl (C=O) groups excluding carboxylic acids is 2. The van der Waals surface area contributed by atoms with Gasteiger partial charge in [0.1, 0.15) is 29.1 Å². The Labute approximate surface area is 193 Å². The van der Waals surface area contributed by atoms with Gasteiger partial charge in [-0.1, -0.05) is 17.7 Å². The number of furan rings is 1. The zero-order valence-corrected chi connectivity index (χ0v) is 19.4. The number of hydrogen-bond acceptors (Lipinski definition) is 5. The van der Waals surface area contributed by atoms with Crippen molar-refractivity contribution in [3.63, 3.8) is 0 Å². The maximum absolute atomic E-state index is 13.2. The molecule has 0 radical (unpaired) electrons. The van der Waals surface area contributed by atoms with E-state index in [1.165, 1.54) is 4.90 Å². The minimum Gasteiger partial charge on any atom is -0.507 e. The molecule has 6 nitrogen and oxygen atoms in total. The molecule has 170 valence electrons. The Balaban J connectivity index is 1.87. The molecule has 4 rings (SSSR count). The number of carbonyl (C=O) groups is 2. The molecule has 0 aliphatic carbocycles. The lowest BCUT2D eigenvalue weighted by Gasteiger charge is -2.23. The van der Waals surface area contributed by atoms with Crippen LogP contribution in [0.2, 0.25) is 0 Å². The summed E-state index contributed by atoms with van der Waals surface area (Å²) in [7, 11) is 0. The van der Waals surface area contributed by atoms with E-state index in [9.17, 15) is 14.7 Å². The van der Waals surface area contributed by atoms with E-state index in [0.29, 0.717) is 28.5 Å². The molecule has 1 fully saturated rings. The molecule has 1 amide bonds. The molecule has 1 unspecified atom stereocenters. The predicted molar refractivity (Wildman–Crippen MR) is 126 cm³/mol. The predicted octanol–water partition coefficient (Wildman–Crippen LogP) is 5.62. The van der Waals surface area contributed by atoms with Gasteiger partial charge in [-0.25, -0.2) is 0 Å². The number of amides is 1. The summed E-state index contributed by atoms with van der Waals surface area (Å²) in [6.45, 7) is 9.47. The molecule has 1 saturated heterocycles. The van der Waals surface area contributed by atoms with Gasteiger partial charge in [-0.05, 0) is 82.6 Å². The van der Waals surface area contributed by atoms with Crippen LogP contribution in [0.4, 0.5) is 5.69 Å². The maximum atomic E-state index is 13.2. The largest absolute Gasteiger partial charge is 0.507 e. The van der Waals surface area contributed by atoms with Gasteiger partial charge in [0, 0.05) is 11.3 Å². The van der Waals surface area contributed by atoms with Crippen molar-refractivity contribution in [1.29, 1.82) is 0 Å². The van der Waals surface area contributed by atoms with Gasteiger partial charge in [-0.15, -0.1) is 0 Å². The topological polar surface area (TPSA) is 80.0 Å². The van der Waals surface area contributed by atoms with Crippen molar-refractivity contribution in [3.05, 3.63) is 88.4 Å². The average molecular weight is 446 g/mol. The lowest BCUT2D eigenvalue weighted by Crippen LogP contribution is -2.29. The molecule has 0 spiro atoms. The number of aryl methyl sites for hydroxylation is 3. The summed E-state index contributed by atoms with van der Waals surface area (Å²) in [6.07, 6.45) is 0.00479. The van der Waals surface area contributed by atoms with Crippen molar-refractivity contribution >= 4 is 23.1 Å². The minimum absolute atomic E-state index is 0.00479. The van der Waals surface area contributed by atoms with E-state index in [1.807, 2.05) is 39.8 Å². The quantitative estimate of drug-likeness (QED) is 0.313. The van der Waals surface area contributed by atoms with Crippen LogP contribution in [0.25, 0.3) is 5.76 Å². The number of ketones is 1. The summed E-state index contributed by atoms with van der Waals surface area (Å²) in [6, 6.07) is 15.1. The molecule has 1 atom stereocenters. The Kier molecular flexibility index (Phi) is 5.85. The van der Waals surface area contributed by atoms with Crippen molar-refractivity contribution in [2.45, 2.75) is 46.8 Å². The molecule has 2 aromatic carbocycles. The Hall–Kier alpha value is -3.80. The van der Waals surface area contributed by atoms with Crippen LogP contribution in [0.5, 0.6) is 5.75 Å². The van der Waals surface area contributed by atoms with E-state index in [1.54, 1.807) is 49.4 Å². The molecule has 1 N–H and O–H groups in total. The third kappa shape index (κ3) is 4.16. The zero-order chi connectivity index (χ0) is 23.9. The van der Waals surface area contributed by atoms with Gasteiger partial charge in [-0.2, -0.15) is 0 Å². The van der Waals surface area contributed by atoms with Gasteiger partial charge < -0.3 is 14.3 Å². The van der Waals surface area contributed by atoms with Crippen molar-refractivity contribution in [2.24, 2.45) is 0 Å². The summed E-state index contributed by atoms with van der Waals surface area (Å²) < 4.78 is 11.6. The van der Waals surface area contributed by atoms with Crippen LogP contribution >= 0.6 is 0 Å². The number of nitrogens with zero attached hydrogens (tertiary/aromatic N) is 1. The lowest BCUT2D eigenvalue weighted by molar-refractivity contribution is -0.132. The normalized spacial score (nSPS) is 17.8. The minimum atomic E-state index is -0.881. The van der Waals surface area contributed by atoms with Crippen LogP contribution in [-0.2, 0) is 9.59 Å². The summed E-state index contributed by atoms with van der Waals surface area (Å²) in [5.74, 6) is 0.0279. The standard InChI is InChI=1S/C27H27NO5/c1-15(2)32-21-13-9-19(14-17(21)4)25(29)23-24(22-12-8-18(5)33-22)28(27(31)26(23)30)20-10-6-16(3)7-11-20/h6-15,24,29H,1-5H3/b25-23-. The number of anilines is 1. The number of Topliss-reactive ketones (excluding diaryl/α,β-unsaturated/α-hetero) is 1. The third-order valence-corrected chi connectivity index (χ3v) is 5.60. The van der Waals surface area contributed by atoms with Crippen LogP contribution in [0.15, 0.2) is 64.6 Å². The Morgan fingerprint density at radius 1 is 1.00 bits per heavy atom. The van der Waals surface area contributed by atoms with Gasteiger partial charge in [0.2, 0.25) is 0 Å². The molecule has 1 aliphatic rings. The Bertz CT molecular complexity index is 1250. The smallest absolute Gasteiger partial charge is 0.300 e. The number of hydrogen-bond donors (Lipinski definition) is 1. The van der Waals surface area contributed by atoms with Crippen LogP contribution in [0.1, 0.15) is 48.1 Å². The fourth-order valence-electron chi connectivity index (χ4n) is 4.01. The van der Waals surface area contributed by atoms with E-state index < -0.39 is 17.7 Å². The van der Waals surface area contributed by atoms with E-state index in [0.717, 1.165) is 11.1 Å². The summed E-state index contributed by atoms with van der Waals surface area (Å²) in [4.78, 5) is 27.7. The number of rotatable bonds is 5. The highest BCUT2D eigenvalue weighted by Crippen LogP contribution is 2.43. The summed E-state index contributed by atoms with van der Waals surface area (Å²) in [5.41, 5.74) is 2.81. The van der Waals surface area contributed by atoms with E-state index in [2.05, 4.69) is 0 Å².